The Balaban J connectivity index is 1.80. The van der Waals surface area contributed by atoms with Crippen molar-refractivity contribution >= 4 is 23.2 Å². The molecule has 0 aliphatic carbocycles. The van der Waals surface area contributed by atoms with E-state index in [-0.39, 0.29) is 11.5 Å². The van der Waals surface area contributed by atoms with Crippen LogP contribution in [0.1, 0.15) is 16.2 Å². The van der Waals surface area contributed by atoms with Crippen LogP contribution in [0.5, 0.6) is 0 Å². The van der Waals surface area contributed by atoms with Gasteiger partial charge in [0.1, 0.15) is 5.82 Å². The van der Waals surface area contributed by atoms with E-state index < -0.39 is 11.7 Å². The van der Waals surface area contributed by atoms with Gasteiger partial charge in [0.25, 0.3) is 5.91 Å². The summed E-state index contributed by atoms with van der Waals surface area (Å²) < 4.78 is 15.5. The van der Waals surface area contributed by atoms with Gasteiger partial charge in [0.05, 0.1) is 11.4 Å². The number of carbonyl (C=O) groups excluding carboxylic acids is 1. The SMILES string of the molecule is Cc1ccccc1-n1nc(C(=O)Nc2ccccc2F)nc1-c1cccc(Cl)c1. The molecule has 0 aliphatic heterocycles. The number of nitrogens with zero attached hydrogens (tertiary/aromatic N) is 3. The summed E-state index contributed by atoms with van der Waals surface area (Å²) >= 11 is 6.14. The van der Waals surface area contributed by atoms with Crippen molar-refractivity contribution in [3.8, 4) is 17.1 Å². The third-order valence-electron chi connectivity index (χ3n) is 4.36. The molecule has 1 heterocycles. The largest absolute Gasteiger partial charge is 0.317 e. The van der Waals surface area contributed by atoms with Crippen LogP contribution in [0, 0.1) is 12.7 Å². The van der Waals surface area contributed by atoms with Gasteiger partial charge in [-0.1, -0.05) is 54.1 Å². The fourth-order valence-corrected chi connectivity index (χ4v) is 3.12. The topological polar surface area (TPSA) is 59.8 Å². The molecule has 0 atom stereocenters. The number of carbonyl (C=O) groups is 1. The van der Waals surface area contributed by atoms with Gasteiger partial charge >= 0.3 is 0 Å². The number of rotatable bonds is 4. The molecule has 1 N–H and O–H groups in total. The highest BCUT2D eigenvalue weighted by Gasteiger charge is 2.20. The zero-order valence-electron chi connectivity index (χ0n) is 15.4. The zero-order chi connectivity index (χ0) is 20.4. The number of aromatic nitrogens is 3. The molecule has 0 bridgehead atoms. The van der Waals surface area contributed by atoms with E-state index in [4.69, 9.17) is 11.6 Å². The van der Waals surface area contributed by atoms with Crippen LogP contribution in [-0.2, 0) is 0 Å². The Hall–Kier alpha value is -3.51. The van der Waals surface area contributed by atoms with E-state index in [2.05, 4.69) is 15.4 Å². The van der Waals surface area contributed by atoms with Crippen molar-refractivity contribution in [2.45, 2.75) is 6.92 Å². The summed E-state index contributed by atoms with van der Waals surface area (Å²) in [4.78, 5) is 17.1. The Morgan fingerprint density at radius 3 is 2.55 bits per heavy atom. The lowest BCUT2D eigenvalue weighted by Gasteiger charge is -2.08. The second kappa shape index (κ2) is 7.85. The van der Waals surface area contributed by atoms with E-state index >= 15 is 0 Å². The minimum absolute atomic E-state index is 0.0639. The number of halogens is 2. The van der Waals surface area contributed by atoms with Gasteiger partial charge in [-0.2, -0.15) is 0 Å². The summed E-state index contributed by atoms with van der Waals surface area (Å²) in [5.74, 6) is -0.757. The van der Waals surface area contributed by atoms with Gasteiger partial charge < -0.3 is 5.32 Å². The van der Waals surface area contributed by atoms with Crippen LogP contribution in [0.25, 0.3) is 17.1 Å². The van der Waals surface area contributed by atoms with E-state index in [9.17, 15) is 9.18 Å². The fraction of sp³-hybridized carbons (Fsp3) is 0.0455. The highest BCUT2D eigenvalue weighted by Crippen LogP contribution is 2.25. The van der Waals surface area contributed by atoms with E-state index in [1.807, 2.05) is 37.3 Å². The molecule has 3 aromatic carbocycles. The van der Waals surface area contributed by atoms with Crippen LogP contribution < -0.4 is 5.32 Å². The van der Waals surface area contributed by atoms with E-state index in [0.29, 0.717) is 16.4 Å². The smallest absolute Gasteiger partial charge is 0.295 e. The molecule has 4 aromatic rings. The van der Waals surface area contributed by atoms with Gasteiger partial charge in [-0.15, -0.1) is 5.10 Å². The van der Waals surface area contributed by atoms with Gasteiger partial charge in [-0.3, -0.25) is 4.79 Å². The molecular formula is C22H16ClFN4O. The molecule has 1 amide bonds. The first-order valence-electron chi connectivity index (χ1n) is 8.88. The first-order valence-corrected chi connectivity index (χ1v) is 9.25. The average Bonchev–Trinajstić information content (AvgIpc) is 3.15. The third-order valence-corrected chi connectivity index (χ3v) is 4.59. The molecule has 0 saturated carbocycles. The molecule has 0 spiro atoms. The quantitative estimate of drug-likeness (QED) is 0.501. The van der Waals surface area contributed by atoms with Gasteiger partial charge in [-0.25, -0.2) is 14.1 Å². The molecular weight excluding hydrogens is 391 g/mol. The molecule has 0 aliphatic rings. The molecule has 144 valence electrons. The first kappa shape index (κ1) is 18.8. The fourth-order valence-electron chi connectivity index (χ4n) is 2.93. The minimum atomic E-state index is -0.606. The summed E-state index contributed by atoms with van der Waals surface area (Å²) in [6, 6.07) is 20.7. The van der Waals surface area contributed by atoms with Crippen molar-refractivity contribution in [3.05, 3.63) is 95.0 Å². The maximum atomic E-state index is 13.9. The van der Waals surface area contributed by atoms with Crippen molar-refractivity contribution in [3.63, 3.8) is 0 Å². The molecule has 1 aromatic heterocycles. The van der Waals surface area contributed by atoms with E-state index in [1.165, 1.54) is 12.1 Å². The summed E-state index contributed by atoms with van der Waals surface area (Å²) in [6.45, 7) is 1.94. The van der Waals surface area contributed by atoms with Crippen molar-refractivity contribution in [1.82, 2.24) is 14.8 Å². The van der Waals surface area contributed by atoms with Crippen molar-refractivity contribution in [2.24, 2.45) is 0 Å². The number of anilines is 1. The van der Waals surface area contributed by atoms with Gasteiger partial charge in [0, 0.05) is 10.6 Å². The predicted molar refractivity (Wildman–Crippen MR) is 111 cm³/mol. The van der Waals surface area contributed by atoms with Crippen molar-refractivity contribution in [1.29, 1.82) is 0 Å². The summed E-state index contributed by atoms with van der Waals surface area (Å²) in [6.07, 6.45) is 0. The Kier molecular flexibility index (Phi) is 5.10. The molecule has 29 heavy (non-hydrogen) atoms. The zero-order valence-corrected chi connectivity index (χ0v) is 16.2. The Morgan fingerprint density at radius 2 is 1.79 bits per heavy atom. The number of amides is 1. The predicted octanol–water partition coefficient (Wildman–Crippen LogP) is 5.29. The lowest BCUT2D eigenvalue weighted by molar-refractivity contribution is 0.101. The number of hydrogen-bond acceptors (Lipinski definition) is 3. The Bertz CT molecular complexity index is 1200. The lowest BCUT2D eigenvalue weighted by Crippen LogP contribution is -2.15. The number of aryl methyl sites for hydroxylation is 1. The van der Waals surface area contributed by atoms with Gasteiger partial charge in [0.2, 0.25) is 5.82 Å². The number of para-hydroxylation sites is 2. The van der Waals surface area contributed by atoms with Crippen LogP contribution in [0.3, 0.4) is 0 Å². The third kappa shape index (κ3) is 3.88. The Morgan fingerprint density at radius 1 is 1.03 bits per heavy atom. The maximum absolute atomic E-state index is 13.9. The van der Waals surface area contributed by atoms with Crippen LogP contribution in [-0.4, -0.2) is 20.7 Å². The van der Waals surface area contributed by atoms with E-state index in [1.54, 1.807) is 35.0 Å². The molecule has 4 rings (SSSR count). The average molecular weight is 407 g/mol. The van der Waals surface area contributed by atoms with Crippen LogP contribution in [0.4, 0.5) is 10.1 Å². The highest BCUT2D eigenvalue weighted by molar-refractivity contribution is 6.30. The second-order valence-electron chi connectivity index (χ2n) is 6.40. The van der Waals surface area contributed by atoms with Crippen LogP contribution in [0.2, 0.25) is 5.02 Å². The summed E-state index contributed by atoms with van der Waals surface area (Å²) in [5, 5.41) is 7.46. The van der Waals surface area contributed by atoms with Crippen LogP contribution in [0.15, 0.2) is 72.8 Å². The standard InChI is InChI=1S/C22H16ClFN4O/c1-14-7-2-5-12-19(14)28-21(15-8-6-9-16(23)13-15)26-20(27-28)22(29)25-18-11-4-3-10-17(18)24/h2-13H,1H3,(H,25,29). The summed E-state index contributed by atoms with van der Waals surface area (Å²) in [7, 11) is 0. The first-order chi connectivity index (χ1) is 14.0. The van der Waals surface area contributed by atoms with Crippen LogP contribution >= 0.6 is 11.6 Å². The molecule has 7 heteroatoms. The van der Waals surface area contributed by atoms with Gasteiger partial charge in [0.15, 0.2) is 5.82 Å². The lowest BCUT2D eigenvalue weighted by atomic mass is 10.2. The van der Waals surface area contributed by atoms with Crippen molar-refractivity contribution < 1.29 is 9.18 Å². The molecule has 5 nitrogen and oxygen atoms in total. The number of hydrogen-bond donors (Lipinski definition) is 1. The molecule has 0 saturated heterocycles. The minimum Gasteiger partial charge on any atom is -0.317 e. The monoisotopic (exact) mass is 406 g/mol. The maximum Gasteiger partial charge on any atom is 0.295 e. The Labute approximate surface area is 171 Å². The van der Waals surface area contributed by atoms with Crippen molar-refractivity contribution in [2.75, 3.05) is 5.32 Å². The molecule has 0 unspecified atom stereocenters. The van der Waals surface area contributed by atoms with E-state index in [0.717, 1.165) is 11.3 Å². The number of benzene rings is 3. The number of nitrogens with one attached hydrogen (secondary N) is 1. The molecule has 0 fully saturated rings. The highest BCUT2D eigenvalue weighted by atomic mass is 35.5. The van der Waals surface area contributed by atoms with Gasteiger partial charge in [-0.05, 0) is 42.8 Å². The summed E-state index contributed by atoms with van der Waals surface area (Å²) in [5.41, 5.74) is 2.51. The normalized spacial score (nSPS) is 10.7. The molecule has 0 radical (unpaired) electrons. The second-order valence-corrected chi connectivity index (χ2v) is 6.84.